The Morgan fingerprint density at radius 3 is 2.24 bits per heavy atom. The molecule has 0 saturated heterocycles. The molecule has 0 fully saturated rings. The summed E-state index contributed by atoms with van der Waals surface area (Å²) < 4.78 is 5.60. The summed E-state index contributed by atoms with van der Waals surface area (Å²) in [5, 5.41) is 8.47. The molecule has 1 N–H and O–H groups in total. The van der Waals surface area contributed by atoms with E-state index in [0.717, 1.165) is 17.7 Å². The van der Waals surface area contributed by atoms with E-state index in [2.05, 4.69) is 0 Å². The van der Waals surface area contributed by atoms with Crippen molar-refractivity contribution in [3.8, 4) is 5.75 Å². The summed E-state index contributed by atoms with van der Waals surface area (Å²) in [6.07, 6.45) is 1.85. The molecule has 2 aromatic rings. The van der Waals surface area contributed by atoms with E-state index in [1.54, 1.807) is 24.3 Å². The van der Waals surface area contributed by atoms with E-state index in [4.69, 9.17) is 9.84 Å². The molecule has 0 aliphatic carbocycles. The molecule has 4 heteroatoms. The summed E-state index contributed by atoms with van der Waals surface area (Å²) in [7, 11) is 0. The maximum Gasteiger partial charge on any atom is 0.328 e. The van der Waals surface area contributed by atoms with Gasteiger partial charge in [0.1, 0.15) is 12.4 Å². The molecule has 0 bridgehead atoms. The highest BCUT2D eigenvalue weighted by molar-refractivity contribution is 6.06. The molecule has 0 unspecified atom stereocenters. The van der Waals surface area contributed by atoms with Gasteiger partial charge in [0.05, 0.1) is 0 Å². The summed E-state index contributed by atoms with van der Waals surface area (Å²) in [4.78, 5) is 22.0. The second-order valence-corrected chi connectivity index (χ2v) is 4.33. The maximum absolute atomic E-state index is 11.6. The predicted molar refractivity (Wildman–Crippen MR) is 78.3 cm³/mol. The summed E-state index contributed by atoms with van der Waals surface area (Å²) in [5.41, 5.74) is 1.47. The number of rotatable bonds is 6. The van der Waals surface area contributed by atoms with Crippen molar-refractivity contribution < 1.29 is 19.4 Å². The van der Waals surface area contributed by atoms with Gasteiger partial charge in [-0.25, -0.2) is 4.79 Å². The number of aliphatic carboxylic acids is 1. The molecule has 0 heterocycles. The van der Waals surface area contributed by atoms with Gasteiger partial charge in [-0.2, -0.15) is 0 Å². The fourth-order valence-electron chi connectivity index (χ4n) is 1.70. The first kappa shape index (κ1) is 14.5. The summed E-state index contributed by atoms with van der Waals surface area (Å²) >= 11 is 0. The Balaban J connectivity index is 1.96. The van der Waals surface area contributed by atoms with Gasteiger partial charge in [-0.1, -0.05) is 30.3 Å². The lowest BCUT2D eigenvalue weighted by molar-refractivity contribution is -0.131. The lowest BCUT2D eigenvalue weighted by Gasteiger charge is -2.06. The number of ether oxygens (including phenoxy) is 1. The number of carbonyl (C=O) groups is 2. The Labute approximate surface area is 122 Å². The predicted octanol–water partition coefficient (Wildman–Crippen LogP) is 3.09. The quantitative estimate of drug-likeness (QED) is 0.653. The first-order valence-electron chi connectivity index (χ1n) is 6.37. The van der Waals surface area contributed by atoms with E-state index >= 15 is 0 Å². The molecule has 0 amide bonds. The van der Waals surface area contributed by atoms with Crippen LogP contribution in [0.1, 0.15) is 15.9 Å². The molecular formula is C17H14O4. The molecule has 0 aromatic heterocycles. The van der Waals surface area contributed by atoms with Crippen molar-refractivity contribution >= 4 is 11.8 Å². The van der Waals surface area contributed by atoms with Gasteiger partial charge >= 0.3 is 5.97 Å². The highest BCUT2D eigenvalue weighted by Gasteiger charge is 2.03. The highest BCUT2D eigenvalue weighted by atomic mass is 16.5. The smallest absolute Gasteiger partial charge is 0.328 e. The molecule has 21 heavy (non-hydrogen) atoms. The van der Waals surface area contributed by atoms with Crippen LogP contribution in [0.4, 0.5) is 0 Å². The van der Waals surface area contributed by atoms with Crippen LogP contribution in [0.5, 0.6) is 5.75 Å². The second kappa shape index (κ2) is 7.05. The Hall–Kier alpha value is -2.88. The van der Waals surface area contributed by atoms with Gasteiger partial charge in [-0.15, -0.1) is 0 Å². The number of hydrogen-bond donors (Lipinski definition) is 1. The first-order chi connectivity index (χ1) is 10.1. The molecule has 2 rings (SSSR count). The monoisotopic (exact) mass is 282 g/mol. The van der Waals surface area contributed by atoms with Crippen LogP contribution in [0.3, 0.4) is 0 Å². The number of hydrogen-bond acceptors (Lipinski definition) is 3. The minimum Gasteiger partial charge on any atom is -0.489 e. The molecule has 0 aliphatic heterocycles. The van der Waals surface area contributed by atoms with Gasteiger partial charge < -0.3 is 9.84 Å². The maximum atomic E-state index is 11.6. The largest absolute Gasteiger partial charge is 0.489 e. The van der Waals surface area contributed by atoms with Crippen molar-refractivity contribution in [2.24, 2.45) is 0 Å². The van der Waals surface area contributed by atoms with Crippen molar-refractivity contribution in [1.29, 1.82) is 0 Å². The number of carboxylic acid groups (broad SMARTS) is 1. The minimum atomic E-state index is -1.15. The van der Waals surface area contributed by atoms with Crippen LogP contribution in [0.2, 0.25) is 0 Å². The first-order valence-corrected chi connectivity index (χ1v) is 6.37. The minimum absolute atomic E-state index is 0.355. The fourth-order valence-corrected chi connectivity index (χ4v) is 1.70. The van der Waals surface area contributed by atoms with E-state index < -0.39 is 5.97 Å². The summed E-state index contributed by atoms with van der Waals surface area (Å²) in [5.74, 6) is -0.851. The van der Waals surface area contributed by atoms with E-state index in [0.29, 0.717) is 17.9 Å². The fraction of sp³-hybridized carbons (Fsp3) is 0.0588. The third-order valence-electron chi connectivity index (χ3n) is 2.76. The zero-order chi connectivity index (χ0) is 15.1. The van der Waals surface area contributed by atoms with Crippen molar-refractivity contribution in [3.63, 3.8) is 0 Å². The van der Waals surface area contributed by atoms with E-state index in [9.17, 15) is 9.59 Å². The molecule has 0 spiro atoms. The van der Waals surface area contributed by atoms with Crippen LogP contribution in [0, 0.1) is 0 Å². The highest BCUT2D eigenvalue weighted by Crippen LogP contribution is 2.14. The van der Waals surface area contributed by atoms with E-state index in [1.165, 1.54) is 0 Å². The third kappa shape index (κ3) is 4.62. The van der Waals surface area contributed by atoms with Gasteiger partial charge in [-0.3, -0.25) is 4.79 Å². The zero-order valence-electron chi connectivity index (χ0n) is 11.2. The number of carboxylic acids is 1. The van der Waals surface area contributed by atoms with Crippen LogP contribution in [0.25, 0.3) is 0 Å². The van der Waals surface area contributed by atoms with Gasteiger partial charge in [0, 0.05) is 11.6 Å². The van der Waals surface area contributed by atoms with Gasteiger partial charge in [-0.05, 0) is 35.9 Å². The topological polar surface area (TPSA) is 63.6 Å². The van der Waals surface area contributed by atoms with Crippen molar-refractivity contribution in [1.82, 2.24) is 0 Å². The number of ketones is 1. The van der Waals surface area contributed by atoms with Gasteiger partial charge in [0.25, 0.3) is 0 Å². The molecule has 0 atom stereocenters. The lowest BCUT2D eigenvalue weighted by atomic mass is 10.1. The molecule has 0 saturated carbocycles. The normalized spacial score (nSPS) is 10.5. The Bertz CT molecular complexity index is 642. The van der Waals surface area contributed by atoms with Gasteiger partial charge in [0.15, 0.2) is 5.78 Å². The SMILES string of the molecule is O=C(O)/C=C/C(=O)c1ccc(OCc2ccccc2)cc1. The zero-order valence-corrected chi connectivity index (χ0v) is 11.2. The van der Waals surface area contributed by atoms with Crippen LogP contribution in [-0.2, 0) is 11.4 Å². The number of benzene rings is 2. The number of carbonyl (C=O) groups excluding carboxylic acids is 1. The molecule has 0 aliphatic rings. The Morgan fingerprint density at radius 1 is 0.952 bits per heavy atom. The molecule has 2 aromatic carbocycles. The van der Waals surface area contributed by atoms with Crippen LogP contribution < -0.4 is 4.74 Å². The van der Waals surface area contributed by atoms with Crippen LogP contribution in [0.15, 0.2) is 66.7 Å². The second-order valence-electron chi connectivity index (χ2n) is 4.33. The van der Waals surface area contributed by atoms with Crippen LogP contribution >= 0.6 is 0 Å². The van der Waals surface area contributed by atoms with Gasteiger partial charge in [0.2, 0.25) is 0 Å². The molecule has 0 radical (unpaired) electrons. The summed E-state index contributed by atoms with van der Waals surface area (Å²) in [6, 6.07) is 16.3. The van der Waals surface area contributed by atoms with Crippen LogP contribution in [-0.4, -0.2) is 16.9 Å². The Kier molecular flexibility index (Phi) is 4.88. The van der Waals surface area contributed by atoms with Crippen molar-refractivity contribution in [2.45, 2.75) is 6.61 Å². The standard InChI is InChI=1S/C17H14O4/c18-16(10-11-17(19)20)14-6-8-15(9-7-14)21-12-13-4-2-1-3-5-13/h1-11H,12H2,(H,19,20)/b11-10+. The average Bonchev–Trinajstić information content (AvgIpc) is 2.52. The average molecular weight is 282 g/mol. The molecule has 106 valence electrons. The molecule has 4 nitrogen and oxygen atoms in total. The van der Waals surface area contributed by atoms with Crippen molar-refractivity contribution in [3.05, 3.63) is 77.9 Å². The number of allylic oxidation sites excluding steroid dienone is 1. The van der Waals surface area contributed by atoms with E-state index in [1.807, 2.05) is 30.3 Å². The van der Waals surface area contributed by atoms with E-state index in [-0.39, 0.29) is 5.78 Å². The summed E-state index contributed by atoms with van der Waals surface area (Å²) in [6.45, 7) is 0.451. The van der Waals surface area contributed by atoms with Crippen molar-refractivity contribution in [2.75, 3.05) is 0 Å². The third-order valence-corrected chi connectivity index (χ3v) is 2.76. The molecular weight excluding hydrogens is 268 g/mol. The Morgan fingerprint density at radius 2 is 1.62 bits per heavy atom. The lowest BCUT2D eigenvalue weighted by Crippen LogP contribution is -1.98.